The molecule has 0 spiro atoms. The molecule has 2 N–H and O–H groups in total. The number of nitrogens with zero attached hydrogens (tertiary/aromatic N) is 2. The van der Waals surface area contributed by atoms with Gasteiger partial charge in [-0.3, -0.25) is 5.32 Å². The molecule has 2 heterocycles. The van der Waals surface area contributed by atoms with Crippen LogP contribution in [0.5, 0.6) is 0 Å². The second-order valence-electron chi connectivity index (χ2n) is 5.53. The molecule has 0 bridgehead atoms. The summed E-state index contributed by atoms with van der Waals surface area (Å²) in [6.45, 7) is 7.65. The van der Waals surface area contributed by atoms with Gasteiger partial charge in [0.2, 0.25) is 5.95 Å². The Morgan fingerprint density at radius 1 is 1.45 bits per heavy atom. The lowest BCUT2D eigenvalue weighted by atomic mass is 10.2. The number of anilines is 1. The normalized spacial score (nSPS) is 19.4. The first-order valence-corrected chi connectivity index (χ1v) is 6.58. The SMILES string of the molecule is CC(C)(C)OC(=O)Nc1ncc(C2CNCCO2)cn1. The molecule has 1 saturated heterocycles. The number of hydrogen-bond donors (Lipinski definition) is 2. The van der Waals surface area contributed by atoms with Crippen LogP contribution in [0.2, 0.25) is 0 Å². The van der Waals surface area contributed by atoms with Crippen LogP contribution in [-0.2, 0) is 9.47 Å². The van der Waals surface area contributed by atoms with Crippen LogP contribution in [-0.4, -0.2) is 41.4 Å². The number of rotatable bonds is 2. The van der Waals surface area contributed by atoms with E-state index in [4.69, 9.17) is 9.47 Å². The number of hydrogen-bond acceptors (Lipinski definition) is 6. The van der Waals surface area contributed by atoms with Crippen molar-refractivity contribution < 1.29 is 14.3 Å². The van der Waals surface area contributed by atoms with Crippen molar-refractivity contribution in [3.8, 4) is 0 Å². The Morgan fingerprint density at radius 2 is 2.15 bits per heavy atom. The minimum absolute atomic E-state index is 0.0423. The summed E-state index contributed by atoms with van der Waals surface area (Å²) < 4.78 is 10.7. The van der Waals surface area contributed by atoms with E-state index in [1.54, 1.807) is 33.2 Å². The Labute approximate surface area is 118 Å². The van der Waals surface area contributed by atoms with Crippen molar-refractivity contribution in [3.63, 3.8) is 0 Å². The minimum atomic E-state index is -0.569. The van der Waals surface area contributed by atoms with E-state index in [2.05, 4.69) is 20.6 Å². The van der Waals surface area contributed by atoms with E-state index in [0.29, 0.717) is 6.61 Å². The lowest BCUT2D eigenvalue weighted by molar-refractivity contribution is 0.0273. The molecule has 0 radical (unpaired) electrons. The average Bonchev–Trinajstić information content (AvgIpc) is 2.38. The summed E-state index contributed by atoms with van der Waals surface area (Å²) in [5.74, 6) is 0.215. The zero-order valence-electron chi connectivity index (χ0n) is 12.0. The molecule has 1 aromatic heterocycles. The zero-order chi connectivity index (χ0) is 14.6. The van der Waals surface area contributed by atoms with E-state index in [1.807, 2.05) is 0 Å². The highest BCUT2D eigenvalue weighted by molar-refractivity contribution is 5.82. The monoisotopic (exact) mass is 280 g/mol. The zero-order valence-corrected chi connectivity index (χ0v) is 12.0. The Kier molecular flexibility index (Phi) is 4.51. The van der Waals surface area contributed by atoms with E-state index in [-0.39, 0.29) is 12.1 Å². The van der Waals surface area contributed by atoms with Gasteiger partial charge in [0.1, 0.15) is 5.60 Å². The van der Waals surface area contributed by atoms with Crippen LogP contribution in [0, 0.1) is 0 Å². The van der Waals surface area contributed by atoms with Gasteiger partial charge in [0.15, 0.2) is 0 Å². The quantitative estimate of drug-likeness (QED) is 0.853. The first kappa shape index (κ1) is 14.7. The van der Waals surface area contributed by atoms with Gasteiger partial charge in [-0.2, -0.15) is 0 Å². The van der Waals surface area contributed by atoms with Crippen molar-refractivity contribution in [2.45, 2.75) is 32.5 Å². The maximum atomic E-state index is 11.6. The third-order valence-corrected chi connectivity index (χ3v) is 2.58. The molecule has 7 nitrogen and oxygen atoms in total. The van der Waals surface area contributed by atoms with Crippen LogP contribution < -0.4 is 10.6 Å². The fourth-order valence-electron chi connectivity index (χ4n) is 1.74. The number of carbonyl (C=O) groups is 1. The maximum Gasteiger partial charge on any atom is 0.414 e. The maximum absolute atomic E-state index is 11.6. The number of carbonyl (C=O) groups excluding carboxylic acids is 1. The van der Waals surface area contributed by atoms with Crippen LogP contribution in [0.15, 0.2) is 12.4 Å². The van der Waals surface area contributed by atoms with Crippen molar-refractivity contribution in [1.29, 1.82) is 0 Å². The molecule has 2 rings (SSSR count). The highest BCUT2D eigenvalue weighted by atomic mass is 16.6. The van der Waals surface area contributed by atoms with Crippen LogP contribution in [0.3, 0.4) is 0 Å². The summed E-state index contributed by atoms with van der Waals surface area (Å²) in [4.78, 5) is 19.8. The van der Waals surface area contributed by atoms with E-state index >= 15 is 0 Å². The Bertz CT molecular complexity index is 450. The molecule has 1 aliphatic rings. The smallest absolute Gasteiger partial charge is 0.414 e. The van der Waals surface area contributed by atoms with Gasteiger partial charge in [-0.1, -0.05) is 0 Å². The third-order valence-electron chi connectivity index (χ3n) is 2.58. The van der Waals surface area contributed by atoms with Crippen molar-refractivity contribution in [1.82, 2.24) is 15.3 Å². The van der Waals surface area contributed by atoms with Gasteiger partial charge in [-0.15, -0.1) is 0 Å². The van der Waals surface area contributed by atoms with Crippen molar-refractivity contribution in [2.24, 2.45) is 0 Å². The lowest BCUT2D eigenvalue weighted by Crippen LogP contribution is -2.33. The van der Waals surface area contributed by atoms with Gasteiger partial charge < -0.3 is 14.8 Å². The number of amides is 1. The molecular weight excluding hydrogens is 260 g/mol. The summed E-state index contributed by atoms with van der Waals surface area (Å²) in [6.07, 6.45) is 2.69. The van der Waals surface area contributed by atoms with Crippen LogP contribution in [0.25, 0.3) is 0 Å². The molecule has 1 atom stereocenters. The lowest BCUT2D eigenvalue weighted by Gasteiger charge is -2.23. The second kappa shape index (κ2) is 6.15. The molecule has 110 valence electrons. The van der Waals surface area contributed by atoms with Gasteiger partial charge >= 0.3 is 6.09 Å². The Hall–Kier alpha value is -1.73. The molecule has 0 aliphatic carbocycles. The summed E-state index contributed by atoms with van der Waals surface area (Å²) in [5, 5.41) is 5.72. The molecule has 1 unspecified atom stereocenters. The predicted octanol–water partition coefficient (Wildman–Crippen LogP) is 1.48. The Morgan fingerprint density at radius 3 is 2.70 bits per heavy atom. The summed E-state index contributed by atoms with van der Waals surface area (Å²) >= 11 is 0. The fourth-order valence-corrected chi connectivity index (χ4v) is 1.74. The molecule has 20 heavy (non-hydrogen) atoms. The van der Waals surface area contributed by atoms with Crippen molar-refractivity contribution >= 4 is 12.0 Å². The molecule has 1 aliphatic heterocycles. The second-order valence-corrected chi connectivity index (χ2v) is 5.53. The van der Waals surface area contributed by atoms with Gasteiger partial charge in [0, 0.05) is 31.0 Å². The summed E-state index contributed by atoms with van der Waals surface area (Å²) in [5.41, 5.74) is 0.331. The number of morpholine rings is 1. The average molecular weight is 280 g/mol. The van der Waals surface area contributed by atoms with Crippen molar-refractivity contribution in [2.75, 3.05) is 25.0 Å². The minimum Gasteiger partial charge on any atom is -0.444 e. The molecule has 1 fully saturated rings. The highest BCUT2D eigenvalue weighted by Gasteiger charge is 2.18. The largest absolute Gasteiger partial charge is 0.444 e. The number of aromatic nitrogens is 2. The van der Waals surface area contributed by atoms with E-state index < -0.39 is 11.7 Å². The third kappa shape index (κ3) is 4.43. The Balaban J connectivity index is 1.92. The van der Waals surface area contributed by atoms with Gasteiger partial charge in [-0.05, 0) is 20.8 Å². The van der Waals surface area contributed by atoms with E-state index in [9.17, 15) is 4.79 Å². The molecule has 0 saturated carbocycles. The molecule has 0 aromatic carbocycles. The highest BCUT2D eigenvalue weighted by Crippen LogP contribution is 2.17. The van der Waals surface area contributed by atoms with Crippen LogP contribution >= 0.6 is 0 Å². The number of nitrogens with one attached hydrogen (secondary N) is 2. The summed E-state index contributed by atoms with van der Waals surface area (Å²) in [7, 11) is 0. The first-order chi connectivity index (χ1) is 9.44. The first-order valence-electron chi connectivity index (χ1n) is 6.58. The van der Waals surface area contributed by atoms with E-state index in [1.165, 1.54) is 0 Å². The number of ether oxygens (including phenoxy) is 2. The van der Waals surface area contributed by atoms with Crippen LogP contribution in [0.1, 0.15) is 32.4 Å². The molecular formula is C13H20N4O3. The standard InChI is InChI=1S/C13H20N4O3/c1-13(2,3)20-12(18)17-11-15-6-9(7-16-11)10-8-14-4-5-19-10/h6-7,10,14H,4-5,8H2,1-3H3,(H,15,16,17,18). The molecule has 7 heteroatoms. The fraction of sp³-hybridized carbons (Fsp3) is 0.615. The van der Waals surface area contributed by atoms with Gasteiger partial charge in [0.05, 0.1) is 12.7 Å². The van der Waals surface area contributed by atoms with Gasteiger partial charge in [0.25, 0.3) is 0 Å². The van der Waals surface area contributed by atoms with Crippen molar-refractivity contribution in [3.05, 3.63) is 18.0 Å². The van der Waals surface area contributed by atoms with Gasteiger partial charge in [-0.25, -0.2) is 14.8 Å². The topological polar surface area (TPSA) is 85.4 Å². The summed E-state index contributed by atoms with van der Waals surface area (Å²) in [6, 6.07) is 0. The molecule has 1 aromatic rings. The van der Waals surface area contributed by atoms with Crippen LogP contribution in [0.4, 0.5) is 10.7 Å². The van der Waals surface area contributed by atoms with E-state index in [0.717, 1.165) is 18.7 Å². The predicted molar refractivity (Wildman–Crippen MR) is 73.5 cm³/mol. The molecule has 1 amide bonds.